The summed E-state index contributed by atoms with van der Waals surface area (Å²) >= 11 is 0. The Kier molecular flexibility index (Phi) is 6.81. The summed E-state index contributed by atoms with van der Waals surface area (Å²) < 4.78 is 21.3. The van der Waals surface area contributed by atoms with Gasteiger partial charge in [-0.25, -0.2) is 23.8 Å². The second-order valence-electron chi connectivity index (χ2n) is 8.39. The molecule has 188 valence electrons. The summed E-state index contributed by atoms with van der Waals surface area (Å²) in [7, 11) is 2.99. The minimum absolute atomic E-state index is 0.0208. The highest BCUT2D eigenvalue weighted by molar-refractivity contribution is 6.13. The molecule has 1 fully saturated rings. The lowest BCUT2D eigenvalue weighted by Gasteiger charge is -2.32. The summed E-state index contributed by atoms with van der Waals surface area (Å²) in [5.41, 5.74) is 6.16. The Morgan fingerprint density at radius 2 is 2.08 bits per heavy atom. The highest BCUT2D eigenvalue weighted by atomic mass is 19.1. The van der Waals surface area contributed by atoms with Crippen LogP contribution in [0.5, 0.6) is 5.75 Å². The summed E-state index contributed by atoms with van der Waals surface area (Å²) in [5.74, 6) is -1.72. The number of nitrogens with one attached hydrogen (secondary N) is 1. The van der Waals surface area contributed by atoms with E-state index in [1.165, 1.54) is 43.5 Å². The third kappa shape index (κ3) is 4.80. The molecule has 1 saturated heterocycles. The van der Waals surface area contributed by atoms with Crippen molar-refractivity contribution in [2.24, 2.45) is 0 Å². The first-order valence-electron chi connectivity index (χ1n) is 11.1. The summed E-state index contributed by atoms with van der Waals surface area (Å²) in [4.78, 5) is 48.1. The fourth-order valence-electron chi connectivity index (χ4n) is 3.93. The van der Waals surface area contributed by atoms with Gasteiger partial charge >= 0.3 is 6.09 Å². The lowest BCUT2D eigenvalue weighted by atomic mass is 10.1. The van der Waals surface area contributed by atoms with Crippen molar-refractivity contribution in [1.82, 2.24) is 29.5 Å². The van der Waals surface area contributed by atoms with Crippen molar-refractivity contribution in [2.75, 3.05) is 38.2 Å². The number of nitrogens with zero attached hydrogens (tertiary/aromatic N) is 6. The molecule has 0 aliphatic carbocycles. The van der Waals surface area contributed by atoms with Crippen LogP contribution in [0.3, 0.4) is 0 Å². The van der Waals surface area contributed by atoms with Crippen molar-refractivity contribution in [3.05, 3.63) is 48.7 Å². The Hall–Kier alpha value is -4.55. The summed E-state index contributed by atoms with van der Waals surface area (Å²) in [6.07, 6.45) is 3.27. The number of carbonyl (C=O) groups is 3. The van der Waals surface area contributed by atoms with Crippen molar-refractivity contribution >= 4 is 40.4 Å². The monoisotopic (exact) mass is 496 g/mol. The second-order valence-corrected chi connectivity index (χ2v) is 8.39. The van der Waals surface area contributed by atoms with E-state index in [0.717, 1.165) is 12.5 Å². The maximum absolute atomic E-state index is 14.7. The number of piperidine rings is 1. The van der Waals surface area contributed by atoms with Crippen molar-refractivity contribution < 1.29 is 23.5 Å². The first-order valence-corrected chi connectivity index (χ1v) is 11.1. The number of carbonyl (C=O) groups excluding carboxylic acids is 3. The molecule has 0 spiro atoms. The molecule has 3 amide bonds. The van der Waals surface area contributed by atoms with E-state index in [4.69, 9.17) is 10.5 Å². The number of anilines is 2. The Morgan fingerprint density at radius 3 is 2.78 bits per heavy atom. The van der Waals surface area contributed by atoms with E-state index in [0.29, 0.717) is 25.2 Å². The molecule has 1 aliphatic rings. The predicted molar refractivity (Wildman–Crippen MR) is 129 cm³/mol. The Labute approximate surface area is 205 Å². The molecule has 1 aromatic carbocycles. The summed E-state index contributed by atoms with van der Waals surface area (Å²) in [5, 5.41) is 7.15. The van der Waals surface area contributed by atoms with Gasteiger partial charge in [-0.05, 0) is 31.1 Å². The Balaban J connectivity index is 1.63. The van der Waals surface area contributed by atoms with Crippen LogP contribution in [0, 0.1) is 5.82 Å². The number of aromatic nitrogens is 4. The molecule has 13 heteroatoms. The van der Waals surface area contributed by atoms with Crippen LogP contribution in [0.4, 0.5) is 20.7 Å². The first-order chi connectivity index (χ1) is 17.2. The zero-order chi connectivity index (χ0) is 26.0. The van der Waals surface area contributed by atoms with Gasteiger partial charge in [0.05, 0.1) is 17.1 Å². The van der Waals surface area contributed by atoms with Crippen LogP contribution in [0.15, 0.2) is 37.2 Å². The largest absolute Gasteiger partial charge is 0.414 e. The number of hydrogen-bond donors (Lipinski definition) is 2. The standard InChI is InChI=1S/C23H25FN8O4/c1-4-17(33)31-9-5-6-13(11-31)32-21-18(20(25)26-12-27-21)19(29-32)22(34)28-16-8-7-14(10-15(16)24)36-23(35)30(2)3/h4,7-8,10,12-13H,1,5-6,9,11H2,2-3H3,(H,28,34)(H2,25,26,27). The highest BCUT2D eigenvalue weighted by Crippen LogP contribution is 2.29. The van der Waals surface area contributed by atoms with E-state index in [9.17, 15) is 18.8 Å². The summed E-state index contributed by atoms with van der Waals surface area (Å²) in [6, 6.07) is 3.34. The van der Waals surface area contributed by atoms with Gasteiger partial charge in [-0.3, -0.25) is 9.59 Å². The van der Waals surface area contributed by atoms with E-state index in [1.54, 1.807) is 9.58 Å². The minimum atomic E-state index is -0.814. The van der Waals surface area contributed by atoms with Crippen LogP contribution in [0.2, 0.25) is 0 Å². The zero-order valence-corrected chi connectivity index (χ0v) is 19.8. The van der Waals surface area contributed by atoms with Crippen LogP contribution >= 0.6 is 0 Å². The topological polar surface area (TPSA) is 149 Å². The first kappa shape index (κ1) is 24.6. The molecule has 3 N–H and O–H groups in total. The van der Waals surface area contributed by atoms with Crippen LogP contribution in [-0.4, -0.2) is 74.6 Å². The number of benzene rings is 1. The normalized spacial score (nSPS) is 15.4. The van der Waals surface area contributed by atoms with Gasteiger partial charge < -0.3 is 25.6 Å². The molecule has 12 nitrogen and oxygen atoms in total. The van der Waals surface area contributed by atoms with E-state index < -0.39 is 17.8 Å². The summed E-state index contributed by atoms with van der Waals surface area (Å²) in [6.45, 7) is 4.48. The van der Waals surface area contributed by atoms with Crippen molar-refractivity contribution in [3.8, 4) is 5.75 Å². The number of halogens is 1. The predicted octanol–water partition coefficient (Wildman–Crippen LogP) is 2.21. The molecule has 0 bridgehead atoms. The number of likely N-dealkylation sites (tertiary alicyclic amines) is 1. The number of nitrogens with two attached hydrogens (primary N) is 1. The Morgan fingerprint density at radius 1 is 1.31 bits per heavy atom. The van der Waals surface area contributed by atoms with Gasteiger partial charge in [0, 0.05) is 33.3 Å². The molecule has 0 saturated carbocycles. The van der Waals surface area contributed by atoms with Gasteiger partial charge in [-0.1, -0.05) is 6.58 Å². The van der Waals surface area contributed by atoms with Gasteiger partial charge in [0.25, 0.3) is 5.91 Å². The van der Waals surface area contributed by atoms with Gasteiger partial charge in [0.1, 0.15) is 23.7 Å². The van der Waals surface area contributed by atoms with Crippen molar-refractivity contribution in [1.29, 1.82) is 0 Å². The second kappa shape index (κ2) is 9.98. The SMILES string of the molecule is C=CC(=O)N1CCCC(n2nc(C(=O)Nc3ccc(OC(=O)N(C)C)cc3F)c3c(N)ncnc32)C1. The average Bonchev–Trinajstić information content (AvgIpc) is 3.26. The average molecular weight is 497 g/mol. The molecular weight excluding hydrogens is 471 g/mol. The number of hydrogen-bond acceptors (Lipinski definition) is 8. The van der Waals surface area contributed by atoms with E-state index >= 15 is 0 Å². The van der Waals surface area contributed by atoms with Crippen LogP contribution < -0.4 is 15.8 Å². The molecule has 0 radical (unpaired) electrons. The smallest absolute Gasteiger partial charge is 0.410 e. The van der Waals surface area contributed by atoms with Crippen LogP contribution in [0.25, 0.3) is 11.0 Å². The number of nitrogen functional groups attached to an aromatic ring is 1. The number of fused-ring (bicyclic) bond motifs is 1. The minimum Gasteiger partial charge on any atom is -0.410 e. The van der Waals surface area contributed by atoms with Crippen molar-refractivity contribution in [3.63, 3.8) is 0 Å². The van der Waals surface area contributed by atoms with Crippen LogP contribution in [-0.2, 0) is 4.79 Å². The van der Waals surface area contributed by atoms with Gasteiger partial charge in [-0.15, -0.1) is 0 Å². The molecule has 3 heterocycles. The quantitative estimate of drug-likeness (QED) is 0.511. The third-order valence-corrected chi connectivity index (χ3v) is 5.72. The molecule has 1 atom stereocenters. The lowest BCUT2D eigenvalue weighted by molar-refractivity contribution is -0.127. The molecule has 3 aromatic rings. The molecule has 2 aromatic heterocycles. The fraction of sp³-hybridized carbons (Fsp3) is 0.304. The van der Waals surface area contributed by atoms with Gasteiger partial charge in [0.2, 0.25) is 5.91 Å². The van der Waals surface area contributed by atoms with E-state index in [1.807, 2.05) is 0 Å². The molecule has 36 heavy (non-hydrogen) atoms. The Bertz CT molecular complexity index is 1360. The third-order valence-electron chi connectivity index (χ3n) is 5.72. The molecule has 4 rings (SSSR count). The van der Waals surface area contributed by atoms with Crippen molar-refractivity contribution in [2.45, 2.75) is 18.9 Å². The zero-order valence-electron chi connectivity index (χ0n) is 19.8. The van der Waals surface area contributed by atoms with E-state index in [-0.39, 0.29) is 40.3 Å². The molecule has 1 unspecified atom stereocenters. The maximum Gasteiger partial charge on any atom is 0.414 e. The van der Waals surface area contributed by atoms with Gasteiger partial charge in [-0.2, -0.15) is 5.10 Å². The van der Waals surface area contributed by atoms with Crippen LogP contribution in [0.1, 0.15) is 29.4 Å². The maximum atomic E-state index is 14.7. The van der Waals surface area contributed by atoms with Gasteiger partial charge in [0.15, 0.2) is 11.3 Å². The highest BCUT2D eigenvalue weighted by Gasteiger charge is 2.29. The molecular formula is C23H25FN8O4. The number of rotatable bonds is 5. The fourth-order valence-corrected chi connectivity index (χ4v) is 3.93. The number of ether oxygens (including phenoxy) is 1. The molecule has 1 aliphatic heterocycles. The van der Waals surface area contributed by atoms with E-state index in [2.05, 4.69) is 27.0 Å². The lowest BCUT2D eigenvalue weighted by Crippen LogP contribution is -2.40. The number of amides is 3.